The Morgan fingerprint density at radius 3 is 1.24 bits per heavy atom. The number of amides is 2. The molecule has 2 aliphatic heterocycles. The van der Waals surface area contributed by atoms with Crippen LogP contribution < -0.4 is 0 Å². The van der Waals surface area contributed by atoms with Gasteiger partial charge in [-0.25, -0.2) is 0 Å². The zero-order chi connectivity index (χ0) is 29.7. The molecule has 0 saturated heterocycles. The van der Waals surface area contributed by atoms with Gasteiger partial charge in [0.15, 0.2) is 0 Å². The maximum atomic E-state index is 12.1. The smallest absolute Gasteiger partial charge is 0.261 e. The van der Waals surface area contributed by atoms with Crippen LogP contribution in [-0.4, -0.2) is 21.6 Å². The molecule has 216 valence electrons. The van der Waals surface area contributed by atoms with Gasteiger partial charge in [0.25, 0.3) is 11.8 Å². The summed E-state index contributed by atoms with van der Waals surface area (Å²) in [6, 6.07) is 36.7. The predicted octanol–water partition coefficient (Wildman–Crippen LogP) is 8.72. The van der Waals surface area contributed by atoms with Crippen LogP contribution in [-0.2, 0) is 24.2 Å². The first kappa shape index (κ1) is 29.5. The average molecular weight is 559 g/mol. The van der Waals surface area contributed by atoms with E-state index < -0.39 is 0 Å². The van der Waals surface area contributed by atoms with E-state index in [1.807, 2.05) is 30.3 Å². The molecular weight excluding hydrogens is 516 g/mol. The van der Waals surface area contributed by atoms with Gasteiger partial charge in [-0.1, -0.05) is 125 Å². The average Bonchev–Trinajstić information content (AvgIpc) is 3.43. The number of carbonyl (C=O) groups is 2. The molecular formula is C38H42N2O2. The van der Waals surface area contributed by atoms with Crippen molar-refractivity contribution < 1.29 is 9.59 Å². The molecule has 0 atom stereocenters. The van der Waals surface area contributed by atoms with Gasteiger partial charge in [0.05, 0.1) is 17.7 Å². The number of imide groups is 1. The number of carbonyl (C=O) groups excluding carboxylic acids is 2. The summed E-state index contributed by atoms with van der Waals surface area (Å²) in [5.41, 5.74) is 6.80. The molecule has 0 spiro atoms. The lowest BCUT2D eigenvalue weighted by Gasteiger charge is -2.47. The van der Waals surface area contributed by atoms with Crippen LogP contribution in [0.5, 0.6) is 0 Å². The van der Waals surface area contributed by atoms with Gasteiger partial charge in [-0.3, -0.25) is 19.4 Å². The number of hydrogen-bond acceptors (Lipinski definition) is 3. The van der Waals surface area contributed by atoms with E-state index in [4.69, 9.17) is 0 Å². The van der Waals surface area contributed by atoms with Crippen molar-refractivity contribution in [2.75, 3.05) is 0 Å². The molecule has 4 nitrogen and oxygen atoms in total. The molecule has 42 heavy (non-hydrogen) atoms. The summed E-state index contributed by atoms with van der Waals surface area (Å²) in [5, 5.41) is 0. The Morgan fingerprint density at radius 1 is 0.476 bits per heavy atom. The highest BCUT2D eigenvalue weighted by Gasteiger charge is 2.54. The summed E-state index contributed by atoms with van der Waals surface area (Å²) in [6.07, 6.45) is 4.65. The number of benzene rings is 4. The maximum absolute atomic E-state index is 12.1. The minimum Gasteiger partial charge on any atom is -0.280 e. The van der Waals surface area contributed by atoms with Crippen LogP contribution in [0.1, 0.15) is 96.3 Å². The second-order valence-electron chi connectivity index (χ2n) is 11.3. The zero-order valence-corrected chi connectivity index (χ0v) is 25.3. The fourth-order valence-corrected chi connectivity index (χ4v) is 7.24. The Kier molecular flexibility index (Phi) is 8.74. The molecule has 4 aromatic carbocycles. The third-order valence-corrected chi connectivity index (χ3v) is 9.55. The van der Waals surface area contributed by atoms with E-state index in [0.717, 1.165) is 37.8 Å². The number of hydrogen-bond donors (Lipinski definition) is 0. The lowest BCUT2D eigenvalue weighted by atomic mass is 9.83. The molecule has 0 aliphatic carbocycles. The van der Waals surface area contributed by atoms with Gasteiger partial charge >= 0.3 is 0 Å². The second kappa shape index (κ2) is 12.5. The minimum absolute atomic E-state index is 0.151. The van der Waals surface area contributed by atoms with Gasteiger partial charge in [0, 0.05) is 17.6 Å². The van der Waals surface area contributed by atoms with Crippen LogP contribution in [0.4, 0.5) is 0 Å². The van der Waals surface area contributed by atoms with Crippen molar-refractivity contribution in [1.29, 1.82) is 0 Å². The highest BCUT2D eigenvalue weighted by molar-refractivity contribution is 6.21. The molecule has 4 aromatic rings. The Hall–Kier alpha value is -4.02. The lowest BCUT2D eigenvalue weighted by Crippen LogP contribution is -2.49. The molecule has 0 saturated carbocycles. The van der Waals surface area contributed by atoms with Crippen molar-refractivity contribution in [3.8, 4) is 0 Å². The maximum Gasteiger partial charge on any atom is 0.261 e. The van der Waals surface area contributed by atoms with E-state index in [1.165, 1.54) is 10.5 Å². The van der Waals surface area contributed by atoms with E-state index in [0.29, 0.717) is 17.7 Å². The van der Waals surface area contributed by atoms with Crippen LogP contribution in [0.3, 0.4) is 0 Å². The Labute approximate surface area is 251 Å². The van der Waals surface area contributed by atoms with Gasteiger partial charge in [0.1, 0.15) is 0 Å². The van der Waals surface area contributed by atoms with Crippen LogP contribution in [0.2, 0.25) is 0 Å². The SMILES string of the molecule is CCC1(CC)c2ccccc2C(CC)(CC)N1Cc1ccccc1.O=C1c2ccccc2C(=O)N1Cc1ccccc1. The van der Waals surface area contributed by atoms with Gasteiger partial charge in [0.2, 0.25) is 0 Å². The minimum atomic E-state index is -0.209. The monoisotopic (exact) mass is 558 g/mol. The third kappa shape index (κ3) is 4.98. The van der Waals surface area contributed by atoms with Crippen molar-refractivity contribution in [3.05, 3.63) is 143 Å². The molecule has 4 heteroatoms. The normalized spacial score (nSPS) is 16.5. The first-order valence-corrected chi connectivity index (χ1v) is 15.4. The van der Waals surface area contributed by atoms with E-state index in [-0.39, 0.29) is 22.9 Å². The van der Waals surface area contributed by atoms with E-state index in [9.17, 15) is 9.59 Å². The highest BCUT2D eigenvalue weighted by atomic mass is 16.2. The summed E-state index contributed by atoms with van der Waals surface area (Å²) in [5.74, 6) is -0.418. The van der Waals surface area contributed by atoms with E-state index in [1.54, 1.807) is 35.4 Å². The highest BCUT2D eigenvalue weighted by Crippen LogP contribution is 2.56. The standard InChI is InChI=1S/C23H31N.C15H11NO2/c1-5-22(6-2)20-16-12-13-17-21(20)23(7-3,8-4)24(22)18-19-14-10-9-11-15-19;17-14-12-8-4-5-9-13(12)15(18)16(14)10-11-6-2-1-3-7-11/h9-17H,5-8,18H2,1-4H3;1-9H,10H2. The largest absolute Gasteiger partial charge is 0.280 e. The predicted molar refractivity (Wildman–Crippen MR) is 170 cm³/mol. The van der Waals surface area contributed by atoms with Gasteiger partial charge < -0.3 is 0 Å². The molecule has 0 bridgehead atoms. The second-order valence-corrected chi connectivity index (χ2v) is 11.3. The van der Waals surface area contributed by atoms with Crippen LogP contribution >= 0.6 is 0 Å². The van der Waals surface area contributed by atoms with Crippen LogP contribution in [0.15, 0.2) is 109 Å². The van der Waals surface area contributed by atoms with Crippen molar-refractivity contribution >= 4 is 11.8 Å². The third-order valence-electron chi connectivity index (χ3n) is 9.55. The van der Waals surface area contributed by atoms with Gasteiger partial charge in [-0.2, -0.15) is 0 Å². The zero-order valence-electron chi connectivity index (χ0n) is 25.3. The molecule has 0 radical (unpaired) electrons. The first-order valence-electron chi connectivity index (χ1n) is 15.4. The molecule has 2 heterocycles. The number of rotatable bonds is 8. The van der Waals surface area contributed by atoms with E-state index >= 15 is 0 Å². The van der Waals surface area contributed by atoms with E-state index in [2.05, 4.69) is 87.2 Å². The Balaban J connectivity index is 0.000000175. The molecule has 0 unspecified atom stereocenters. The lowest BCUT2D eigenvalue weighted by molar-refractivity contribution is -0.0233. The van der Waals surface area contributed by atoms with Crippen LogP contribution in [0.25, 0.3) is 0 Å². The Morgan fingerprint density at radius 2 is 0.833 bits per heavy atom. The molecule has 0 aromatic heterocycles. The van der Waals surface area contributed by atoms with Gasteiger partial charge in [-0.05, 0) is 60.1 Å². The first-order chi connectivity index (χ1) is 20.5. The van der Waals surface area contributed by atoms with Crippen molar-refractivity contribution in [1.82, 2.24) is 9.80 Å². The molecule has 0 fully saturated rings. The molecule has 2 amide bonds. The van der Waals surface area contributed by atoms with Crippen molar-refractivity contribution in [2.45, 2.75) is 77.5 Å². The van der Waals surface area contributed by atoms with Crippen LogP contribution in [0, 0.1) is 0 Å². The number of nitrogens with zero attached hydrogens (tertiary/aromatic N) is 2. The Bertz CT molecular complexity index is 1450. The van der Waals surface area contributed by atoms with Crippen molar-refractivity contribution in [3.63, 3.8) is 0 Å². The summed E-state index contributed by atoms with van der Waals surface area (Å²) in [6.45, 7) is 10.8. The summed E-state index contributed by atoms with van der Waals surface area (Å²) in [4.78, 5) is 28.4. The van der Waals surface area contributed by atoms with Crippen molar-refractivity contribution in [2.24, 2.45) is 0 Å². The topological polar surface area (TPSA) is 40.6 Å². The summed E-state index contributed by atoms with van der Waals surface area (Å²) in [7, 11) is 0. The molecule has 6 rings (SSSR count). The molecule has 0 N–H and O–H groups in total. The summed E-state index contributed by atoms with van der Waals surface area (Å²) < 4.78 is 0. The fourth-order valence-electron chi connectivity index (χ4n) is 7.24. The quantitative estimate of drug-likeness (QED) is 0.203. The fraction of sp³-hybridized carbons (Fsp3) is 0.316. The molecule has 2 aliphatic rings. The van der Waals surface area contributed by atoms with Gasteiger partial charge in [-0.15, -0.1) is 0 Å². The number of fused-ring (bicyclic) bond motifs is 2. The summed E-state index contributed by atoms with van der Waals surface area (Å²) >= 11 is 0.